The third-order valence-electron chi connectivity index (χ3n) is 2.39. The molecule has 0 spiro atoms. The van der Waals surface area contributed by atoms with Crippen molar-refractivity contribution in [2.24, 2.45) is 5.73 Å². The van der Waals surface area contributed by atoms with Gasteiger partial charge in [0, 0.05) is 12.5 Å². The number of halogens is 1. The molecule has 0 saturated carbocycles. The number of sulfonamides is 1. The van der Waals surface area contributed by atoms with Crippen molar-refractivity contribution in [1.82, 2.24) is 4.72 Å². The molecule has 0 unspecified atom stereocenters. The molecule has 0 aromatic heterocycles. The summed E-state index contributed by atoms with van der Waals surface area (Å²) < 4.78 is 31.4. The van der Waals surface area contributed by atoms with Gasteiger partial charge in [-0.2, -0.15) is 4.72 Å². The van der Waals surface area contributed by atoms with Gasteiger partial charge in [-0.15, -0.1) is 12.3 Å². The fourth-order valence-corrected chi connectivity index (χ4v) is 3.10. The molecule has 0 heterocycles. The minimum absolute atomic E-state index is 0.0118. The molecule has 0 bridgehead atoms. The van der Waals surface area contributed by atoms with Gasteiger partial charge in [-0.25, -0.2) is 8.42 Å². The molecule has 1 aromatic carbocycles. The Bertz CT molecular complexity index is 652. The van der Waals surface area contributed by atoms with Crippen LogP contribution in [0.4, 0.5) is 0 Å². The molecule has 8 heteroatoms. The van der Waals surface area contributed by atoms with Crippen molar-refractivity contribution in [3.05, 3.63) is 23.2 Å². The van der Waals surface area contributed by atoms with Crippen LogP contribution in [0.15, 0.2) is 23.1 Å². The Balaban J connectivity index is 3.17. The highest BCUT2D eigenvalue weighted by Gasteiger charge is 2.25. The number of nitrogens with one attached hydrogen (secondary N) is 1. The highest BCUT2D eigenvalue weighted by Crippen LogP contribution is 2.26. The summed E-state index contributed by atoms with van der Waals surface area (Å²) in [5, 5.41) is -0.0118. The first-order valence-corrected chi connectivity index (χ1v) is 7.26. The number of terminal acetylenes is 1. The van der Waals surface area contributed by atoms with E-state index in [1.165, 1.54) is 25.3 Å². The Morgan fingerprint density at radius 2 is 2.25 bits per heavy atom. The molecule has 1 aromatic rings. The standard InChI is InChI=1S/C12H13ClN2O4S/c1-3-4-10(12(14)16)15-20(17,18)11-7-8(19-2)5-6-9(11)13/h1,5-7,10,15H,4H2,2H3,(H2,14,16)/t10-/m1/s1. The zero-order valence-corrected chi connectivity index (χ0v) is 12.2. The van der Waals surface area contributed by atoms with E-state index in [-0.39, 0.29) is 16.3 Å². The number of ether oxygens (including phenoxy) is 1. The summed E-state index contributed by atoms with van der Waals surface area (Å²) in [6, 6.07) is 2.91. The lowest BCUT2D eigenvalue weighted by Crippen LogP contribution is -2.44. The van der Waals surface area contributed by atoms with Crippen molar-refractivity contribution in [2.45, 2.75) is 17.4 Å². The second kappa shape index (κ2) is 6.61. The molecule has 6 nitrogen and oxygen atoms in total. The van der Waals surface area contributed by atoms with Gasteiger partial charge in [-0.1, -0.05) is 11.6 Å². The lowest BCUT2D eigenvalue weighted by atomic mass is 10.2. The molecule has 3 N–H and O–H groups in total. The molecule has 1 amide bonds. The first-order chi connectivity index (χ1) is 9.31. The summed E-state index contributed by atoms with van der Waals surface area (Å²) in [6.07, 6.45) is 4.91. The highest BCUT2D eigenvalue weighted by atomic mass is 35.5. The normalized spacial score (nSPS) is 12.4. The lowest BCUT2D eigenvalue weighted by Gasteiger charge is -2.14. The number of hydrogen-bond acceptors (Lipinski definition) is 4. The average molecular weight is 317 g/mol. The van der Waals surface area contributed by atoms with Crippen LogP contribution in [0.25, 0.3) is 0 Å². The SMILES string of the molecule is C#CC[C@@H](NS(=O)(=O)c1cc(OC)ccc1Cl)C(N)=O. The van der Waals surface area contributed by atoms with Crippen LogP contribution in [0.3, 0.4) is 0 Å². The number of carbonyl (C=O) groups is 1. The smallest absolute Gasteiger partial charge is 0.242 e. The monoisotopic (exact) mass is 316 g/mol. The van der Waals surface area contributed by atoms with Crippen LogP contribution < -0.4 is 15.2 Å². The second-order valence-corrected chi connectivity index (χ2v) is 5.87. The number of hydrogen-bond donors (Lipinski definition) is 2. The molecule has 108 valence electrons. The van der Waals surface area contributed by atoms with E-state index in [0.29, 0.717) is 5.75 Å². The van der Waals surface area contributed by atoms with Gasteiger partial charge < -0.3 is 10.5 Å². The van der Waals surface area contributed by atoms with E-state index in [0.717, 1.165) is 0 Å². The maximum absolute atomic E-state index is 12.2. The van der Waals surface area contributed by atoms with Crippen LogP contribution in [0.1, 0.15) is 6.42 Å². The van der Waals surface area contributed by atoms with Gasteiger partial charge in [0.2, 0.25) is 15.9 Å². The van der Waals surface area contributed by atoms with Gasteiger partial charge in [0.1, 0.15) is 16.7 Å². The fourth-order valence-electron chi connectivity index (χ4n) is 1.39. The Morgan fingerprint density at radius 1 is 1.60 bits per heavy atom. The molecule has 0 aliphatic heterocycles. The molecular weight excluding hydrogens is 304 g/mol. The van der Waals surface area contributed by atoms with E-state index >= 15 is 0 Å². The molecule has 0 radical (unpaired) electrons. The molecular formula is C12H13ClN2O4S. The second-order valence-electron chi connectivity index (χ2n) is 3.78. The predicted molar refractivity (Wildman–Crippen MR) is 74.8 cm³/mol. The molecule has 0 aliphatic carbocycles. The molecule has 0 aliphatic rings. The number of methoxy groups -OCH3 is 1. The Kier molecular flexibility index (Phi) is 5.39. The van der Waals surface area contributed by atoms with Crippen molar-refractivity contribution in [3.8, 4) is 18.1 Å². The van der Waals surface area contributed by atoms with Crippen molar-refractivity contribution in [2.75, 3.05) is 7.11 Å². The Labute approximate surface area is 122 Å². The zero-order valence-electron chi connectivity index (χ0n) is 10.6. The van der Waals surface area contributed by atoms with E-state index in [2.05, 4.69) is 10.6 Å². The first-order valence-electron chi connectivity index (χ1n) is 5.40. The lowest BCUT2D eigenvalue weighted by molar-refractivity contribution is -0.119. The van der Waals surface area contributed by atoms with Gasteiger partial charge in [0.05, 0.1) is 12.1 Å². The maximum atomic E-state index is 12.2. The summed E-state index contributed by atoms with van der Waals surface area (Å²) >= 11 is 5.85. The molecule has 0 fully saturated rings. The quantitative estimate of drug-likeness (QED) is 0.747. The minimum atomic E-state index is -4.05. The van der Waals surface area contributed by atoms with Gasteiger partial charge in [0.15, 0.2) is 0 Å². The summed E-state index contributed by atoms with van der Waals surface area (Å²) in [5.41, 5.74) is 5.08. The molecule has 0 saturated heterocycles. The van der Waals surface area contributed by atoms with Crippen LogP contribution in [0.5, 0.6) is 5.75 Å². The Morgan fingerprint density at radius 3 is 2.75 bits per heavy atom. The molecule has 1 atom stereocenters. The van der Waals surface area contributed by atoms with E-state index in [4.69, 9.17) is 28.5 Å². The van der Waals surface area contributed by atoms with Crippen molar-refractivity contribution in [1.29, 1.82) is 0 Å². The summed E-state index contributed by atoms with van der Waals surface area (Å²) in [6.45, 7) is 0. The average Bonchev–Trinajstić information content (AvgIpc) is 2.38. The predicted octanol–water partition coefficient (Wildman–Crippen LogP) is 0.504. The number of carbonyl (C=O) groups excluding carboxylic acids is 1. The van der Waals surface area contributed by atoms with E-state index in [1.54, 1.807) is 0 Å². The van der Waals surface area contributed by atoms with E-state index in [1.807, 2.05) is 0 Å². The first kappa shape index (κ1) is 16.3. The van der Waals surface area contributed by atoms with Crippen LogP contribution in [-0.2, 0) is 14.8 Å². The van der Waals surface area contributed by atoms with Crippen molar-refractivity contribution >= 4 is 27.5 Å². The van der Waals surface area contributed by atoms with Crippen LogP contribution >= 0.6 is 11.6 Å². The molecule has 1 rings (SSSR count). The van der Waals surface area contributed by atoms with Crippen LogP contribution in [0.2, 0.25) is 5.02 Å². The largest absolute Gasteiger partial charge is 0.497 e. The third-order valence-corrected chi connectivity index (χ3v) is 4.34. The van der Waals surface area contributed by atoms with Crippen LogP contribution in [0, 0.1) is 12.3 Å². The fraction of sp³-hybridized carbons (Fsp3) is 0.250. The topological polar surface area (TPSA) is 98.5 Å². The zero-order chi connectivity index (χ0) is 15.3. The summed E-state index contributed by atoms with van der Waals surface area (Å²) in [4.78, 5) is 10.9. The van der Waals surface area contributed by atoms with Gasteiger partial charge in [0.25, 0.3) is 0 Å². The van der Waals surface area contributed by atoms with E-state index < -0.39 is 22.0 Å². The Hall–Kier alpha value is -1.75. The maximum Gasteiger partial charge on any atom is 0.242 e. The molecule has 20 heavy (non-hydrogen) atoms. The van der Waals surface area contributed by atoms with Gasteiger partial charge in [-0.05, 0) is 12.1 Å². The number of rotatable bonds is 6. The van der Waals surface area contributed by atoms with E-state index in [9.17, 15) is 13.2 Å². The van der Waals surface area contributed by atoms with Crippen LogP contribution in [-0.4, -0.2) is 27.5 Å². The third kappa shape index (κ3) is 3.87. The minimum Gasteiger partial charge on any atom is -0.497 e. The van der Waals surface area contributed by atoms with Crippen molar-refractivity contribution in [3.63, 3.8) is 0 Å². The number of amides is 1. The summed E-state index contributed by atoms with van der Waals surface area (Å²) in [7, 11) is -2.66. The highest BCUT2D eigenvalue weighted by molar-refractivity contribution is 7.89. The number of primary amides is 1. The van der Waals surface area contributed by atoms with Gasteiger partial charge >= 0.3 is 0 Å². The number of benzene rings is 1. The number of nitrogens with two attached hydrogens (primary N) is 1. The van der Waals surface area contributed by atoms with Crippen molar-refractivity contribution < 1.29 is 17.9 Å². The summed E-state index contributed by atoms with van der Waals surface area (Å²) in [5.74, 6) is 1.61. The van der Waals surface area contributed by atoms with Gasteiger partial charge in [-0.3, -0.25) is 4.79 Å².